The highest BCUT2D eigenvalue weighted by Crippen LogP contribution is 2.22. The van der Waals surface area contributed by atoms with Crippen LogP contribution < -0.4 is 4.90 Å². The zero-order valence-electron chi connectivity index (χ0n) is 11.7. The minimum absolute atomic E-state index is 0.542. The molecule has 1 aromatic carbocycles. The third kappa shape index (κ3) is 2.67. The second-order valence-corrected chi connectivity index (χ2v) is 5.55. The molecular formula is C15H19N3O2. The molecule has 1 fully saturated rings. The molecule has 1 aromatic heterocycles. The van der Waals surface area contributed by atoms with Gasteiger partial charge in [0.25, 0.3) is 5.69 Å². The van der Waals surface area contributed by atoms with Crippen molar-refractivity contribution in [2.75, 3.05) is 13.1 Å². The standard InChI is InChI=1S/C15H19N3O2/c1-12-7-9-17(10-8-12)11-14-15(16-20-18(14)19)13-5-3-2-4-6-13/h2-6,12H,7-11H2,1H3. The normalized spacial score (nSPS) is 17.4. The second kappa shape index (κ2) is 5.63. The molecule has 0 bridgehead atoms. The fourth-order valence-corrected chi connectivity index (χ4v) is 2.65. The second-order valence-electron chi connectivity index (χ2n) is 5.55. The van der Waals surface area contributed by atoms with Crippen molar-refractivity contribution >= 4 is 0 Å². The number of hydrogen-bond donors (Lipinski definition) is 0. The Hall–Kier alpha value is -1.88. The first kappa shape index (κ1) is 13.1. The fourth-order valence-electron chi connectivity index (χ4n) is 2.65. The van der Waals surface area contributed by atoms with Crippen LogP contribution in [-0.2, 0) is 6.54 Å². The van der Waals surface area contributed by atoms with Gasteiger partial charge >= 0.3 is 0 Å². The molecule has 5 heteroatoms. The van der Waals surface area contributed by atoms with E-state index < -0.39 is 0 Å². The monoisotopic (exact) mass is 273 g/mol. The van der Waals surface area contributed by atoms with Crippen molar-refractivity contribution in [2.24, 2.45) is 5.92 Å². The number of hydrogen-bond acceptors (Lipinski definition) is 4. The maximum absolute atomic E-state index is 11.8. The Bertz CT molecular complexity index is 560. The summed E-state index contributed by atoms with van der Waals surface area (Å²) in [5.41, 5.74) is 2.18. The molecule has 1 aliphatic heterocycles. The smallest absolute Gasteiger partial charge is 0.252 e. The Labute approximate surface area is 118 Å². The van der Waals surface area contributed by atoms with E-state index in [1.165, 1.54) is 12.8 Å². The van der Waals surface area contributed by atoms with E-state index in [1.54, 1.807) is 0 Å². The summed E-state index contributed by atoms with van der Waals surface area (Å²) < 4.78 is 4.80. The van der Waals surface area contributed by atoms with Crippen LogP contribution in [0.4, 0.5) is 0 Å². The molecule has 0 amide bonds. The Morgan fingerprint density at radius 2 is 2.00 bits per heavy atom. The van der Waals surface area contributed by atoms with Gasteiger partial charge in [0.15, 0.2) is 0 Å². The SMILES string of the molecule is CC1CCN(Cc2c(-c3ccccc3)no[n+]2[O-])CC1. The number of benzene rings is 1. The van der Waals surface area contributed by atoms with Crippen LogP contribution in [0.1, 0.15) is 25.5 Å². The zero-order chi connectivity index (χ0) is 13.9. The molecule has 0 atom stereocenters. The predicted octanol–water partition coefficient (Wildman–Crippen LogP) is 2.21. The molecule has 0 unspecified atom stereocenters. The third-order valence-corrected chi connectivity index (χ3v) is 4.00. The highest BCUT2D eigenvalue weighted by Gasteiger charge is 2.25. The van der Waals surface area contributed by atoms with E-state index in [0.717, 1.165) is 24.6 Å². The summed E-state index contributed by atoms with van der Waals surface area (Å²) in [6.45, 7) is 4.94. The van der Waals surface area contributed by atoms with Crippen LogP contribution in [0, 0.1) is 11.1 Å². The van der Waals surface area contributed by atoms with Crippen molar-refractivity contribution in [1.29, 1.82) is 0 Å². The molecule has 5 nitrogen and oxygen atoms in total. The first-order valence-corrected chi connectivity index (χ1v) is 7.10. The Morgan fingerprint density at radius 1 is 1.30 bits per heavy atom. The number of piperidine rings is 1. The van der Waals surface area contributed by atoms with E-state index >= 15 is 0 Å². The van der Waals surface area contributed by atoms with Crippen LogP contribution in [0.5, 0.6) is 0 Å². The van der Waals surface area contributed by atoms with Crippen LogP contribution in [0.25, 0.3) is 11.3 Å². The summed E-state index contributed by atoms with van der Waals surface area (Å²) in [5.74, 6) is 0.779. The van der Waals surface area contributed by atoms with Crippen molar-refractivity contribution in [1.82, 2.24) is 10.1 Å². The van der Waals surface area contributed by atoms with Crippen LogP contribution >= 0.6 is 0 Å². The summed E-state index contributed by atoms with van der Waals surface area (Å²) in [4.78, 5) is 2.84. The summed E-state index contributed by atoms with van der Waals surface area (Å²) in [5, 5.41) is 15.7. The summed E-state index contributed by atoms with van der Waals surface area (Å²) >= 11 is 0. The van der Waals surface area contributed by atoms with Crippen LogP contribution in [0.3, 0.4) is 0 Å². The topological polar surface area (TPSA) is 56.2 Å². The van der Waals surface area contributed by atoms with Gasteiger partial charge in [-0.2, -0.15) is 0 Å². The average molecular weight is 273 g/mol. The van der Waals surface area contributed by atoms with Gasteiger partial charge in [-0.1, -0.05) is 37.3 Å². The molecule has 0 saturated carbocycles. The van der Waals surface area contributed by atoms with Crippen molar-refractivity contribution < 1.29 is 9.53 Å². The quantitative estimate of drug-likeness (QED) is 0.805. The average Bonchev–Trinajstić information content (AvgIpc) is 2.84. The molecule has 20 heavy (non-hydrogen) atoms. The van der Waals surface area contributed by atoms with Crippen molar-refractivity contribution in [2.45, 2.75) is 26.3 Å². The van der Waals surface area contributed by atoms with E-state index in [4.69, 9.17) is 4.63 Å². The van der Waals surface area contributed by atoms with E-state index in [-0.39, 0.29) is 0 Å². The molecule has 2 aromatic rings. The van der Waals surface area contributed by atoms with Gasteiger partial charge in [0.2, 0.25) is 5.69 Å². The molecule has 3 rings (SSSR count). The van der Waals surface area contributed by atoms with Gasteiger partial charge in [-0.15, -0.1) is 0 Å². The van der Waals surface area contributed by atoms with Gasteiger partial charge in [0, 0.05) is 10.7 Å². The molecule has 0 aliphatic carbocycles. The lowest BCUT2D eigenvalue weighted by atomic mass is 9.99. The molecule has 0 N–H and O–H groups in total. The van der Waals surface area contributed by atoms with Crippen LogP contribution in [0.2, 0.25) is 0 Å². The first-order chi connectivity index (χ1) is 9.74. The van der Waals surface area contributed by atoms with Crippen LogP contribution in [0.15, 0.2) is 35.0 Å². The van der Waals surface area contributed by atoms with Gasteiger partial charge in [-0.05, 0) is 36.8 Å². The van der Waals surface area contributed by atoms with Gasteiger partial charge in [-0.3, -0.25) is 9.53 Å². The van der Waals surface area contributed by atoms with Gasteiger partial charge in [0.05, 0.1) is 6.54 Å². The zero-order valence-corrected chi connectivity index (χ0v) is 11.7. The van der Waals surface area contributed by atoms with E-state index in [1.807, 2.05) is 30.3 Å². The molecule has 2 heterocycles. The van der Waals surface area contributed by atoms with Crippen molar-refractivity contribution in [3.63, 3.8) is 0 Å². The Kier molecular flexibility index (Phi) is 3.69. The number of nitrogens with zero attached hydrogens (tertiary/aromatic N) is 3. The van der Waals surface area contributed by atoms with Gasteiger partial charge < -0.3 is 5.21 Å². The van der Waals surface area contributed by atoms with E-state index in [0.29, 0.717) is 22.8 Å². The number of likely N-dealkylation sites (tertiary alicyclic amines) is 1. The third-order valence-electron chi connectivity index (χ3n) is 4.00. The molecule has 1 saturated heterocycles. The summed E-state index contributed by atoms with van der Waals surface area (Å²) in [7, 11) is 0. The van der Waals surface area contributed by atoms with E-state index in [9.17, 15) is 5.21 Å². The maximum Gasteiger partial charge on any atom is 0.252 e. The molecular weight excluding hydrogens is 254 g/mol. The Morgan fingerprint density at radius 3 is 2.70 bits per heavy atom. The maximum atomic E-state index is 11.8. The number of rotatable bonds is 3. The number of aromatic nitrogens is 2. The largest absolute Gasteiger partial charge is 0.359 e. The summed E-state index contributed by atoms with van der Waals surface area (Å²) in [6, 6.07) is 9.71. The van der Waals surface area contributed by atoms with Crippen molar-refractivity contribution in [3.8, 4) is 11.3 Å². The molecule has 106 valence electrons. The molecule has 0 spiro atoms. The molecule has 1 aliphatic rings. The van der Waals surface area contributed by atoms with Crippen LogP contribution in [-0.4, -0.2) is 23.1 Å². The minimum atomic E-state index is 0.542. The fraction of sp³-hybridized carbons (Fsp3) is 0.467. The van der Waals surface area contributed by atoms with Crippen molar-refractivity contribution in [3.05, 3.63) is 41.2 Å². The Balaban J connectivity index is 1.81. The van der Waals surface area contributed by atoms with Gasteiger partial charge in [0.1, 0.15) is 0 Å². The molecule has 0 radical (unpaired) electrons. The lowest BCUT2D eigenvalue weighted by Gasteiger charge is -2.29. The van der Waals surface area contributed by atoms with Gasteiger partial charge in [-0.25, -0.2) is 0 Å². The highest BCUT2D eigenvalue weighted by atomic mass is 16.8. The lowest BCUT2D eigenvalue weighted by molar-refractivity contribution is -0.808. The predicted molar refractivity (Wildman–Crippen MR) is 74.6 cm³/mol. The lowest BCUT2D eigenvalue weighted by Crippen LogP contribution is -2.37. The minimum Gasteiger partial charge on any atom is -0.359 e. The first-order valence-electron chi connectivity index (χ1n) is 7.10. The highest BCUT2D eigenvalue weighted by molar-refractivity contribution is 5.59. The van der Waals surface area contributed by atoms with E-state index in [2.05, 4.69) is 17.0 Å². The summed E-state index contributed by atoms with van der Waals surface area (Å²) in [6.07, 6.45) is 2.37.